The molecule has 0 unspecified atom stereocenters. The van der Waals surface area contributed by atoms with Crippen molar-refractivity contribution >= 4 is 41.8 Å². The Bertz CT molecular complexity index is 1530. The zero-order valence-electron chi connectivity index (χ0n) is 21.1. The molecule has 4 heterocycles. The molecule has 6 rings (SSSR count). The highest BCUT2D eigenvalue weighted by Crippen LogP contribution is 2.43. The van der Waals surface area contributed by atoms with Crippen LogP contribution in [0.2, 0.25) is 0 Å². The number of methoxy groups -OCH3 is 1. The van der Waals surface area contributed by atoms with E-state index < -0.39 is 6.09 Å². The lowest BCUT2D eigenvalue weighted by molar-refractivity contribution is 0.0303. The molecule has 3 aromatic heterocycles. The normalized spacial score (nSPS) is 14.5. The van der Waals surface area contributed by atoms with E-state index in [1.807, 2.05) is 54.0 Å². The van der Waals surface area contributed by atoms with Crippen LogP contribution >= 0.6 is 11.3 Å². The Balaban J connectivity index is 1.46. The number of nitrogens with zero attached hydrogens (tertiary/aromatic N) is 5. The predicted molar refractivity (Wildman–Crippen MR) is 146 cm³/mol. The highest BCUT2D eigenvalue weighted by atomic mass is 32.1. The lowest BCUT2D eigenvalue weighted by Crippen LogP contribution is -2.41. The van der Waals surface area contributed by atoms with Crippen molar-refractivity contribution in [1.29, 1.82) is 0 Å². The monoisotopic (exact) mass is 528 g/mol. The van der Waals surface area contributed by atoms with E-state index in [2.05, 4.69) is 15.3 Å². The second kappa shape index (κ2) is 10.0. The van der Waals surface area contributed by atoms with Gasteiger partial charge >= 0.3 is 6.09 Å². The van der Waals surface area contributed by atoms with Crippen LogP contribution in [0.1, 0.15) is 21.6 Å². The van der Waals surface area contributed by atoms with E-state index >= 15 is 0 Å². The number of hydrogen-bond acceptors (Lipinski definition) is 8. The first-order valence-electron chi connectivity index (χ1n) is 12.4. The van der Waals surface area contributed by atoms with Gasteiger partial charge in [-0.2, -0.15) is 5.10 Å². The molecule has 0 bridgehead atoms. The average molecular weight is 528 g/mol. The van der Waals surface area contributed by atoms with Crippen LogP contribution in [0.15, 0.2) is 42.7 Å². The Labute approximate surface area is 224 Å². The first-order valence-corrected chi connectivity index (χ1v) is 13.2. The predicted octanol–water partition coefficient (Wildman–Crippen LogP) is 2.07. The molecule has 2 amide bonds. The quantitative estimate of drug-likeness (QED) is 0.404. The molecule has 1 saturated heterocycles. The average Bonchev–Trinajstić information content (AvgIpc) is 3.54. The minimum Gasteiger partial charge on any atom is -0.453 e. The van der Waals surface area contributed by atoms with Gasteiger partial charge in [0.25, 0.3) is 5.91 Å². The lowest BCUT2D eigenvalue weighted by atomic mass is 9.91. The van der Waals surface area contributed by atoms with Crippen LogP contribution < -0.4 is 10.8 Å². The summed E-state index contributed by atoms with van der Waals surface area (Å²) in [4.78, 5) is 36.7. The first kappa shape index (κ1) is 24.3. The van der Waals surface area contributed by atoms with E-state index in [1.54, 1.807) is 6.20 Å². The van der Waals surface area contributed by atoms with Crippen LogP contribution in [0.3, 0.4) is 0 Å². The molecule has 0 spiro atoms. The van der Waals surface area contributed by atoms with E-state index in [1.165, 1.54) is 18.4 Å². The number of benzene rings is 1. The third-order valence-electron chi connectivity index (χ3n) is 6.81. The second-order valence-corrected chi connectivity index (χ2v) is 10.1. The molecule has 10 nitrogen and oxygen atoms in total. The molecule has 1 aliphatic heterocycles. The van der Waals surface area contributed by atoms with Crippen molar-refractivity contribution in [2.45, 2.75) is 12.8 Å². The smallest absolute Gasteiger partial charge is 0.413 e. The highest BCUT2D eigenvalue weighted by molar-refractivity contribution is 7.19. The third-order valence-corrected chi connectivity index (χ3v) is 7.83. The second-order valence-electron chi connectivity index (χ2n) is 9.15. The van der Waals surface area contributed by atoms with Crippen LogP contribution in [-0.2, 0) is 22.3 Å². The number of rotatable bonds is 4. The van der Waals surface area contributed by atoms with Gasteiger partial charge in [0, 0.05) is 42.2 Å². The molecule has 4 aromatic rings. The van der Waals surface area contributed by atoms with Gasteiger partial charge < -0.3 is 14.4 Å². The number of aromatic nitrogens is 4. The van der Waals surface area contributed by atoms with E-state index in [4.69, 9.17) is 14.6 Å². The summed E-state index contributed by atoms with van der Waals surface area (Å²) in [6.07, 6.45) is 4.48. The van der Waals surface area contributed by atoms with Crippen molar-refractivity contribution in [3.8, 4) is 27.5 Å². The minimum absolute atomic E-state index is 0.00441. The zero-order chi connectivity index (χ0) is 26.2. The molecular weight excluding hydrogens is 503 g/mol. The van der Waals surface area contributed by atoms with Crippen LogP contribution in [0.5, 0.6) is 0 Å². The number of fused-ring (bicyclic) bond motifs is 3. The Morgan fingerprint density at radius 2 is 2.03 bits per heavy atom. The molecule has 12 heteroatoms. The standard InChI is InChI=1S/C26H25BN6O4S/c1-36-26(35)30-25-29-19-6-5-17-21(16-3-2-8-28-14-16)31-33(22(17)23(19)38-25)20-7-4-15(13-18(20)27)24(34)32-9-11-37-12-10-32/h2-4,7-8,13-14H,5-6,9-12,27H2,1H3,(H,29,30,35). The van der Waals surface area contributed by atoms with Gasteiger partial charge in [-0.25, -0.2) is 14.5 Å². The van der Waals surface area contributed by atoms with Gasteiger partial charge in [0.1, 0.15) is 7.85 Å². The fourth-order valence-corrected chi connectivity index (χ4v) is 6.00. The lowest BCUT2D eigenvalue weighted by Gasteiger charge is -2.27. The van der Waals surface area contributed by atoms with Crippen molar-refractivity contribution in [1.82, 2.24) is 24.6 Å². The maximum atomic E-state index is 13.1. The summed E-state index contributed by atoms with van der Waals surface area (Å²) in [6, 6.07) is 9.64. The van der Waals surface area contributed by atoms with Gasteiger partial charge in [-0.1, -0.05) is 22.9 Å². The molecule has 1 N–H and O–H groups in total. The number of carbonyl (C=O) groups is 2. The fourth-order valence-electron chi connectivity index (χ4n) is 4.95. The summed E-state index contributed by atoms with van der Waals surface area (Å²) >= 11 is 1.40. The van der Waals surface area contributed by atoms with Gasteiger partial charge in [0.05, 0.1) is 48.0 Å². The molecule has 1 aliphatic carbocycles. The summed E-state index contributed by atoms with van der Waals surface area (Å²) in [5.41, 5.74) is 7.19. The number of hydrogen-bond donors (Lipinski definition) is 1. The number of ether oxygens (including phenoxy) is 2. The topological polar surface area (TPSA) is 111 Å². The van der Waals surface area contributed by atoms with E-state index in [0.717, 1.165) is 57.1 Å². The highest BCUT2D eigenvalue weighted by Gasteiger charge is 2.30. The molecule has 2 aliphatic rings. The Morgan fingerprint density at radius 3 is 2.76 bits per heavy atom. The van der Waals surface area contributed by atoms with Crippen LogP contribution in [-0.4, -0.2) is 77.9 Å². The van der Waals surface area contributed by atoms with Crippen molar-refractivity contribution < 1.29 is 19.1 Å². The van der Waals surface area contributed by atoms with E-state index in [9.17, 15) is 9.59 Å². The first-order chi connectivity index (χ1) is 18.5. The molecule has 1 aromatic carbocycles. The molecule has 0 atom stereocenters. The van der Waals surface area contributed by atoms with Crippen molar-refractivity contribution in [3.05, 3.63) is 59.5 Å². The van der Waals surface area contributed by atoms with Gasteiger partial charge in [-0.15, -0.1) is 0 Å². The van der Waals surface area contributed by atoms with Crippen LogP contribution in [0, 0.1) is 0 Å². The number of anilines is 1. The molecular formula is C26H25BN6O4S. The van der Waals surface area contributed by atoms with Gasteiger partial charge in [-0.05, 0) is 37.1 Å². The van der Waals surface area contributed by atoms with E-state index in [-0.39, 0.29) is 5.91 Å². The van der Waals surface area contributed by atoms with Gasteiger partial charge in [0.2, 0.25) is 0 Å². The molecule has 1 fully saturated rings. The van der Waals surface area contributed by atoms with Gasteiger partial charge in [-0.3, -0.25) is 15.1 Å². The molecule has 0 radical (unpaired) electrons. The number of thiazole rings is 1. The molecule has 0 saturated carbocycles. The van der Waals surface area contributed by atoms with Gasteiger partial charge in [0.15, 0.2) is 5.13 Å². The summed E-state index contributed by atoms with van der Waals surface area (Å²) in [7, 11) is 3.32. The number of pyridine rings is 1. The molecule has 38 heavy (non-hydrogen) atoms. The van der Waals surface area contributed by atoms with Crippen LogP contribution in [0.4, 0.5) is 9.93 Å². The van der Waals surface area contributed by atoms with Crippen LogP contribution in [0.25, 0.3) is 27.5 Å². The summed E-state index contributed by atoms with van der Waals surface area (Å²) in [5.74, 6) is 0.00441. The third kappa shape index (κ3) is 4.35. The number of carbonyl (C=O) groups excluding carboxylic acids is 2. The number of amides is 2. The summed E-state index contributed by atoms with van der Waals surface area (Å²) < 4.78 is 12.1. The number of aryl methyl sites for hydroxylation is 1. The maximum absolute atomic E-state index is 13.1. The Kier molecular flexibility index (Phi) is 6.42. The summed E-state index contributed by atoms with van der Waals surface area (Å²) in [5, 5.41) is 8.25. The van der Waals surface area contributed by atoms with Crippen molar-refractivity contribution in [2.24, 2.45) is 0 Å². The SMILES string of the molecule is Bc1cc(C(=O)N2CCOCC2)ccc1-n1nc(-c2cccnc2)c2c1-c1sc(NC(=O)OC)nc1CC2. The van der Waals surface area contributed by atoms with E-state index in [0.29, 0.717) is 37.0 Å². The zero-order valence-corrected chi connectivity index (χ0v) is 21.9. The van der Waals surface area contributed by atoms with Crippen molar-refractivity contribution in [3.63, 3.8) is 0 Å². The van der Waals surface area contributed by atoms with Crippen molar-refractivity contribution in [2.75, 3.05) is 38.7 Å². The minimum atomic E-state index is -0.558. The maximum Gasteiger partial charge on any atom is 0.413 e. The largest absolute Gasteiger partial charge is 0.453 e. The number of morpholine rings is 1. The summed E-state index contributed by atoms with van der Waals surface area (Å²) in [6.45, 7) is 2.31. The Morgan fingerprint density at radius 1 is 1.18 bits per heavy atom. The molecule has 192 valence electrons. The Hall–Kier alpha value is -4.03. The fraction of sp³-hybridized carbons (Fsp3) is 0.269. The number of nitrogens with one attached hydrogen (secondary N) is 1.